The molecule has 1 aromatic carbocycles. The fourth-order valence-corrected chi connectivity index (χ4v) is 5.14. The van der Waals surface area contributed by atoms with E-state index in [0.29, 0.717) is 35.3 Å². The number of benzene rings is 1. The molecule has 2 aromatic heterocycles. The quantitative estimate of drug-likeness (QED) is 0.490. The van der Waals surface area contributed by atoms with E-state index < -0.39 is 6.16 Å². The van der Waals surface area contributed by atoms with Crippen molar-refractivity contribution < 1.29 is 19.0 Å². The molecule has 2 aliphatic rings. The van der Waals surface area contributed by atoms with E-state index in [2.05, 4.69) is 0 Å². The first-order valence-corrected chi connectivity index (χ1v) is 10.7. The van der Waals surface area contributed by atoms with Gasteiger partial charge in [0.25, 0.3) is 5.56 Å². The number of carboxylic acid groups (broad SMARTS) is 1. The Balaban J connectivity index is 1.76. The van der Waals surface area contributed by atoms with Gasteiger partial charge < -0.3 is 14.4 Å². The van der Waals surface area contributed by atoms with Crippen molar-refractivity contribution in [1.82, 2.24) is 9.55 Å². The summed E-state index contributed by atoms with van der Waals surface area (Å²) in [6.07, 6.45) is 2.68. The van der Waals surface area contributed by atoms with Gasteiger partial charge in [0.1, 0.15) is 12.4 Å². The van der Waals surface area contributed by atoms with E-state index in [4.69, 9.17) is 14.8 Å². The van der Waals surface area contributed by atoms with E-state index in [1.165, 1.54) is 6.07 Å². The summed E-state index contributed by atoms with van der Waals surface area (Å²) in [4.78, 5) is 29.1. The number of halogens is 1. The molecule has 5 rings (SSSR count). The van der Waals surface area contributed by atoms with Gasteiger partial charge >= 0.3 is 6.16 Å². The van der Waals surface area contributed by atoms with Gasteiger partial charge in [0, 0.05) is 17.0 Å². The topological polar surface area (TPSA) is 81.4 Å². The summed E-state index contributed by atoms with van der Waals surface area (Å²) in [6.45, 7) is 3.95. The minimum atomic E-state index is -1.40. The molecule has 3 heterocycles. The summed E-state index contributed by atoms with van der Waals surface area (Å²) < 4.78 is 21.0. The zero-order chi connectivity index (χ0) is 21.9. The van der Waals surface area contributed by atoms with Crippen LogP contribution in [0.4, 0.5) is 9.18 Å². The molecule has 160 valence electrons. The van der Waals surface area contributed by atoms with Crippen LogP contribution < -0.4 is 5.56 Å². The van der Waals surface area contributed by atoms with Crippen LogP contribution in [0.1, 0.15) is 53.1 Å². The summed E-state index contributed by atoms with van der Waals surface area (Å²) in [7, 11) is 0. The SMILES string of the molecule is CCCc1cc2n(c(=O)c1COC(=O)O)Cc1c-2nc2cc(F)c(C)c3c2c1CCC3. The van der Waals surface area contributed by atoms with Gasteiger partial charge in [0.15, 0.2) is 0 Å². The van der Waals surface area contributed by atoms with Gasteiger partial charge in [-0.05, 0) is 60.9 Å². The van der Waals surface area contributed by atoms with E-state index >= 15 is 0 Å². The molecule has 0 fully saturated rings. The minimum Gasteiger partial charge on any atom is -0.450 e. The van der Waals surface area contributed by atoms with Gasteiger partial charge in [-0.3, -0.25) is 4.79 Å². The van der Waals surface area contributed by atoms with E-state index in [9.17, 15) is 14.0 Å². The highest BCUT2D eigenvalue weighted by molar-refractivity contribution is 5.92. The number of hydrogen-bond acceptors (Lipinski definition) is 4. The van der Waals surface area contributed by atoms with E-state index in [0.717, 1.165) is 59.0 Å². The molecule has 31 heavy (non-hydrogen) atoms. The molecule has 0 spiro atoms. The number of ether oxygens (including phenoxy) is 1. The normalized spacial score (nSPS) is 13.9. The van der Waals surface area contributed by atoms with Crippen molar-refractivity contribution in [2.24, 2.45) is 0 Å². The second kappa shape index (κ2) is 7.18. The number of rotatable bonds is 4. The average molecular weight is 422 g/mol. The molecule has 1 aliphatic heterocycles. The Morgan fingerprint density at radius 3 is 2.77 bits per heavy atom. The maximum absolute atomic E-state index is 14.6. The highest BCUT2D eigenvalue weighted by Gasteiger charge is 2.30. The molecular weight excluding hydrogens is 399 g/mol. The molecule has 0 amide bonds. The van der Waals surface area contributed by atoms with Crippen molar-refractivity contribution in [3.63, 3.8) is 0 Å². The number of hydrogen-bond donors (Lipinski definition) is 1. The number of aromatic nitrogens is 2. The lowest BCUT2D eigenvalue weighted by molar-refractivity contribution is 0.0847. The van der Waals surface area contributed by atoms with Crippen LogP contribution in [-0.4, -0.2) is 20.8 Å². The molecule has 0 saturated heterocycles. The van der Waals surface area contributed by atoms with Crippen LogP contribution in [-0.2, 0) is 37.2 Å². The van der Waals surface area contributed by atoms with Crippen molar-refractivity contribution in [1.29, 1.82) is 0 Å². The molecule has 1 N–H and O–H groups in total. The molecule has 3 aromatic rings. The number of nitrogens with zero attached hydrogens (tertiary/aromatic N) is 2. The van der Waals surface area contributed by atoms with Gasteiger partial charge in [0.05, 0.1) is 29.0 Å². The first-order valence-electron chi connectivity index (χ1n) is 10.7. The molecule has 0 saturated carbocycles. The summed E-state index contributed by atoms with van der Waals surface area (Å²) in [6, 6.07) is 3.43. The van der Waals surface area contributed by atoms with Crippen LogP contribution in [0.2, 0.25) is 0 Å². The van der Waals surface area contributed by atoms with Gasteiger partial charge in [-0.2, -0.15) is 0 Å². The van der Waals surface area contributed by atoms with Gasteiger partial charge in [-0.15, -0.1) is 0 Å². The number of carbonyl (C=O) groups is 1. The number of aryl methyl sites for hydroxylation is 3. The lowest BCUT2D eigenvalue weighted by atomic mass is 9.85. The van der Waals surface area contributed by atoms with Crippen LogP contribution in [0, 0.1) is 12.7 Å². The first kappa shape index (κ1) is 19.7. The molecule has 0 unspecified atom stereocenters. The third-order valence-corrected chi connectivity index (χ3v) is 6.58. The predicted molar refractivity (Wildman–Crippen MR) is 114 cm³/mol. The number of pyridine rings is 2. The maximum atomic E-state index is 14.6. The average Bonchev–Trinajstić information content (AvgIpc) is 3.11. The van der Waals surface area contributed by atoms with Crippen molar-refractivity contribution in [2.45, 2.75) is 59.1 Å². The predicted octanol–water partition coefficient (Wildman–Crippen LogP) is 4.51. The third kappa shape index (κ3) is 2.94. The molecule has 0 atom stereocenters. The van der Waals surface area contributed by atoms with E-state index in [1.54, 1.807) is 4.57 Å². The molecule has 0 bridgehead atoms. The van der Waals surface area contributed by atoms with Crippen molar-refractivity contribution in [2.75, 3.05) is 0 Å². The van der Waals surface area contributed by atoms with Crippen LogP contribution in [0.5, 0.6) is 0 Å². The van der Waals surface area contributed by atoms with Crippen molar-refractivity contribution in [3.8, 4) is 11.4 Å². The summed E-state index contributed by atoms with van der Waals surface area (Å²) in [5, 5.41) is 9.94. The highest BCUT2D eigenvalue weighted by atomic mass is 19.1. The minimum absolute atomic E-state index is 0.241. The third-order valence-electron chi connectivity index (χ3n) is 6.58. The maximum Gasteiger partial charge on any atom is 0.506 e. The molecule has 7 heteroatoms. The Morgan fingerprint density at radius 2 is 2.03 bits per heavy atom. The molecule has 6 nitrogen and oxygen atoms in total. The van der Waals surface area contributed by atoms with E-state index in [-0.39, 0.29) is 18.0 Å². The van der Waals surface area contributed by atoms with Crippen molar-refractivity contribution >= 4 is 17.1 Å². The lowest BCUT2D eigenvalue weighted by Gasteiger charge is -2.21. The fourth-order valence-electron chi connectivity index (χ4n) is 5.14. The summed E-state index contributed by atoms with van der Waals surface area (Å²) in [5.74, 6) is -0.244. The second-order valence-electron chi connectivity index (χ2n) is 8.36. The smallest absolute Gasteiger partial charge is 0.450 e. The van der Waals surface area contributed by atoms with Gasteiger partial charge in [-0.1, -0.05) is 13.3 Å². The monoisotopic (exact) mass is 422 g/mol. The molecule has 0 radical (unpaired) electrons. The zero-order valence-corrected chi connectivity index (χ0v) is 17.5. The van der Waals surface area contributed by atoms with Gasteiger partial charge in [-0.25, -0.2) is 14.2 Å². The van der Waals surface area contributed by atoms with Crippen molar-refractivity contribution in [3.05, 3.63) is 61.7 Å². The Hall–Kier alpha value is -3.22. The Labute approximate surface area is 178 Å². The standard InChI is InChI=1S/C24H23FN2O4/c1-3-5-13-8-20-22-16(10-27(20)23(28)17(13)11-31-24(29)30)15-7-4-6-14-12(2)18(25)9-19(26-22)21(14)15/h8-9H,3-7,10-11H2,1-2H3,(H,29,30). The van der Waals surface area contributed by atoms with Crippen LogP contribution in [0.3, 0.4) is 0 Å². The second-order valence-corrected chi connectivity index (χ2v) is 8.36. The van der Waals surface area contributed by atoms with Crippen LogP contribution in [0.15, 0.2) is 16.9 Å². The fraction of sp³-hybridized carbons (Fsp3) is 0.375. The summed E-state index contributed by atoms with van der Waals surface area (Å²) in [5.41, 5.74) is 6.90. The highest BCUT2D eigenvalue weighted by Crippen LogP contribution is 2.41. The lowest BCUT2D eigenvalue weighted by Crippen LogP contribution is -2.26. The summed E-state index contributed by atoms with van der Waals surface area (Å²) >= 11 is 0. The Kier molecular flexibility index (Phi) is 4.57. The molecule has 1 aliphatic carbocycles. The Bertz CT molecular complexity index is 1330. The number of fused-ring (bicyclic) bond motifs is 4. The van der Waals surface area contributed by atoms with Crippen LogP contribution >= 0.6 is 0 Å². The van der Waals surface area contributed by atoms with Gasteiger partial charge in [0.2, 0.25) is 0 Å². The largest absolute Gasteiger partial charge is 0.506 e. The Morgan fingerprint density at radius 1 is 1.26 bits per heavy atom. The zero-order valence-electron chi connectivity index (χ0n) is 17.5. The van der Waals surface area contributed by atoms with E-state index in [1.807, 2.05) is 19.9 Å². The van der Waals surface area contributed by atoms with Crippen LogP contribution in [0.25, 0.3) is 22.3 Å². The first-order chi connectivity index (χ1) is 14.9. The molecular formula is C24H23FN2O4.